The maximum Gasteiger partial charge on any atom is 0.321 e. The Balaban J connectivity index is 1.87. The highest BCUT2D eigenvalue weighted by Gasteiger charge is 2.17. The van der Waals surface area contributed by atoms with Crippen LogP contribution >= 0.6 is 11.3 Å². The number of ether oxygens (including phenoxy) is 1. The average Bonchev–Trinajstić information content (AvgIpc) is 3.07. The number of thiazole rings is 1. The van der Waals surface area contributed by atoms with Gasteiger partial charge < -0.3 is 4.74 Å². The minimum Gasteiger partial charge on any atom is -0.458 e. The van der Waals surface area contributed by atoms with Crippen LogP contribution in [-0.2, 0) is 31.0 Å². The maximum absolute atomic E-state index is 12.1. The molecule has 1 N–H and O–H groups in total. The number of hydrogen-bond donors (Lipinski definition) is 1. The Hall–Kier alpha value is -2.30. The number of amides is 1. The summed E-state index contributed by atoms with van der Waals surface area (Å²) in [4.78, 5) is 29.2. The van der Waals surface area contributed by atoms with Gasteiger partial charge in [0.1, 0.15) is 13.2 Å². The molecule has 0 saturated carbocycles. The molecule has 0 spiro atoms. The van der Waals surface area contributed by atoms with E-state index < -0.39 is 22.5 Å². The molecule has 10 heteroatoms. The minimum absolute atomic E-state index is 0.0777. The van der Waals surface area contributed by atoms with Crippen molar-refractivity contribution in [2.45, 2.75) is 32.3 Å². The maximum atomic E-state index is 12.1. The van der Waals surface area contributed by atoms with Crippen LogP contribution in [0.25, 0.3) is 0 Å². The topological polar surface area (TPSA) is 106 Å². The van der Waals surface area contributed by atoms with Crippen molar-refractivity contribution in [3.63, 3.8) is 0 Å². The molecular formula is C17H21N3O5S2. The summed E-state index contributed by atoms with van der Waals surface area (Å²) in [5, 5.41) is 2.21. The highest BCUT2D eigenvalue weighted by atomic mass is 32.2. The van der Waals surface area contributed by atoms with Gasteiger partial charge in [0.2, 0.25) is 15.9 Å². The number of benzene rings is 1. The zero-order chi connectivity index (χ0) is 20.0. The summed E-state index contributed by atoms with van der Waals surface area (Å²) in [5.74, 6) is -0.847. The first-order chi connectivity index (χ1) is 12.7. The number of aromatic nitrogens is 1. The molecule has 1 aromatic heterocycles. The number of carbonyl (C=O) groups is 2. The van der Waals surface area contributed by atoms with Gasteiger partial charge in [0.25, 0.3) is 0 Å². The van der Waals surface area contributed by atoms with E-state index in [-0.39, 0.29) is 17.4 Å². The van der Waals surface area contributed by atoms with E-state index in [1.807, 2.05) is 13.8 Å². The number of nitrogens with one attached hydrogen (secondary N) is 1. The molecule has 0 aliphatic carbocycles. The zero-order valence-electron chi connectivity index (χ0n) is 15.3. The first-order valence-corrected chi connectivity index (χ1v) is 10.5. The third-order valence-electron chi connectivity index (χ3n) is 3.59. The SMILES string of the molecule is CCN(C(C)=O)c1nc(COC(=O)CNS(=O)(=O)c2ccc(C)cc2)cs1. The van der Waals surface area contributed by atoms with Crippen LogP contribution in [0.3, 0.4) is 0 Å². The van der Waals surface area contributed by atoms with Crippen LogP contribution in [0.1, 0.15) is 25.1 Å². The standard InChI is InChI=1S/C17H21N3O5S2/c1-4-20(13(3)21)17-19-14(11-26-17)10-25-16(22)9-18-27(23,24)15-7-5-12(2)6-8-15/h5-8,11,18H,4,9-10H2,1-3H3. The Kier molecular flexibility index (Phi) is 7.05. The van der Waals surface area contributed by atoms with E-state index in [9.17, 15) is 18.0 Å². The van der Waals surface area contributed by atoms with Gasteiger partial charge in [-0.05, 0) is 26.0 Å². The highest BCUT2D eigenvalue weighted by molar-refractivity contribution is 7.89. The third kappa shape index (κ3) is 5.84. The molecule has 0 aliphatic rings. The Morgan fingerprint density at radius 2 is 1.93 bits per heavy atom. The lowest BCUT2D eigenvalue weighted by Crippen LogP contribution is -2.30. The van der Waals surface area contributed by atoms with E-state index in [1.165, 1.54) is 35.3 Å². The highest BCUT2D eigenvalue weighted by Crippen LogP contribution is 2.21. The quantitative estimate of drug-likeness (QED) is 0.665. The fourth-order valence-electron chi connectivity index (χ4n) is 2.14. The molecule has 0 radical (unpaired) electrons. The van der Waals surface area contributed by atoms with E-state index in [1.54, 1.807) is 17.5 Å². The summed E-state index contributed by atoms with van der Waals surface area (Å²) in [5.41, 5.74) is 1.42. The van der Waals surface area contributed by atoms with Crippen molar-refractivity contribution >= 4 is 38.4 Å². The van der Waals surface area contributed by atoms with Gasteiger partial charge in [0.15, 0.2) is 5.13 Å². The first-order valence-electron chi connectivity index (χ1n) is 8.17. The lowest BCUT2D eigenvalue weighted by Gasteiger charge is -2.14. The predicted molar refractivity (Wildman–Crippen MR) is 102 cm³/mol. The van der Waals surface area contributed by atoms with E-state index in [2.05, 4.69) is 9.71 Å². The van der Waals surface area contributed by atoms with Gasteiger partial charge in [-0.25, -0.2) is 13.4 Å². The van der Waals surface area contributed by atoms with Crippen molar-refractivity contribution in [2.75, 3.05) is 18.0 Å². The molecule has 1 aromatic carbocycles. The van der Waals surface area contributed by atoms with Gasteiger partial charge in [-0.1, -0.05) is 17.7 Å². The molecule has 0 unspecified atom stereocenters. The zero-order valence-corrected chi connectivity index (χ0v) is 16.9. The van der Waals surface area contributed by atoms with Crippen LogP contribution in [0.5, 0.6) is 0 Å². The van der Waals surface area contributed by atoms with Crippen LogP contribution in [0.15, 0.2) is 34.5 Å². The second-order valence-corrected chi connectivity index (χ2v) is 8.29. The predicted octanol–water partition coefficient (Wildman–Crippen LogP) is 1.85. The van der Waals surface area contributed by atoms with Crippen molar-refractivity contribution in [1.82, 2.24) is 9.71 Å². The number of carbonyl (C=O) groups excluding carboxylic acids is 2. The largest absolute Gasteiger partial charge is 0.458 e. The van der Waals surface area contributed by atoms with Gasteiger partial charge in [-0.2, -0.15) is 4.72 Å². The van der Waals surface area contributed by atoms with Crippen LogP contribution in [0, 0.1) is 6.92 Å². The molecule has 0 bridgehead atoms. The fraction of sp³-hybridized carbons (Fsp3) is 0.353. The van der Waals surface area contributed by atoms with Crippen molar-refractivity contribution in [1.29, 1.82) is 0 Å². The smallest absolute Gasteiger partial charge is 0.321 e. The summed E-state index contributed by atoms with van der Waals surface area (Å²) in [6, 6.07) is 6.28. The second-order valence-electron chi connectivity index (χ2n) is 5.68. The Labute approximate surface area is 162 Å². The van der Waals surface area contributed by atoms with E-state index in [4.69, 9.17) is 4.74 Å². The molecule has 1 amide bonds. The summed E-state index contributed by atoms with van der Waals surface area (Å²) in [6.45, 7) is 5.04. The number of aryl methyl sites for hydroxylation is 1. The van der Waals surface area contributed by atoms with Crippen LogP contribution in [0.4, 0.5) is 5.13 Å². The van der Waals surface area contributed by atoms with Crippen LogP contribution in [-0.4, -0.2) is 38.4 Å². The summed E-state index contributed by atoms with van der Waals surface area (Å²) in [6.07, 6.45) is 0. The lowest BCUT2D eigenvalue weighted by molar-refractivity contribution is -0.143. The average molecular weight is 412 g/mol. The number of rotatable bonds is 8. The molecule has 0 aliphatic heterocycles. The Morgan fingerprint density at radius 3 is 2.52 bits per heavy atom. The van der Waals surface area contributed by atoms with Gasteiger partial charge in [0.05, 0.1) is 10.6 Å². The molecule has 0 fully saturated rings. The second kappa shape index (κ2) is 9.07. The molecule has 1 heterocycles. The van der Waals surface area contributed by atoms with E-state index >= 15 is 0 Å². The van der Waals surface area contributed by atoms with Gasteiger partial charge >= 0.3 is 5.97 Å². The lowest BCUT2D eigenvalue weighted by atomic mass is 10.2. The normalized spacial score (nSPS) is 11.2. The first kappa shape index (κ1) is 21.0. The van der Waals surface area contributed by atoms with Crippen molar-refractivity contribution in [3.8, 4) is 0 Å². The molecule has 2 aromatic rings. The number of anilines is 1. The fourth-order valence-corrected chi connectivity index (χ4v) is 4.03. The molecule has 0 atom stereocenters. The van der Waals surface area contributed by atoms with Crippen molar-refractivity contribution in [2.24, 2.45) is 0 Å². The number of esters is 1. The molecule has 0 saturated heterocycles. The third-order valence-corrected chi connectivity index (χ3v) is 5.92. The van der Waals surface area contributed by atoms with Gasteiger partial charge in [-0.3, -0.25) is 14.5 Å². The van der Waals surface area contributed by atoms with Gasteiger partial charge in [-0.15, -0.1) is 11.3 Å². The molecule has 8 nitrogen and oxygen atoms in total. The van der Waals surface area contributed by atoms with E-state index in [0.717, 1.165) is 5.56 Å². The minimum atomic E-state index is -3.78. The number of sulfonamides is 1. The molecule has 146 valence electrons. The van der Waals surface area contributed by atoms with Gasteiger partial charge in [0, 0.05) is 18.8 Å². The number of nitrogens with zero attached hydrogens (tertiary/aromatic N) is 2. The van der Waals surface area contributed by atoms with Crippen molar-refractivity contribution < 1.29 is 22.7 Å². The summed E-state index contributed by atoms with van der Waals surface area (Å²) in [7, 11) is -3.78. The molecule has 27 heavy (non-hydrogen) atoms. The Bertz CT molecular complexity index is 907. The van der Waals surface area contributed by atoms with E-state index in [0.29, 0.717) is 17.4 Å². The number of hydrogen-bond acceptors (Lipinski definition) is 7. The summed E-state index contributed by atoms with van der Waals surface area (Å²) < 4.78 is 31.5. The molecular weight excluding hydrogens is 390 g/mol. The summed E-state index contributed by atoms with van der Waals surface area (Å²) >= 11 is 1.27. The molecule has 2 rings (SSSR count). The van der Waals surface area contributed by atoms with Crippen LogP contribution in [0.2, 0.25) is 0 Å². The Morgan fingerprint density at radius 1 is 1.26 bits per heavy atom. The monoisotopic (exact) mass is 411 g/mol. The van der Waals surface area contributed by atoms with Crippen LogP contribution < -0.4 is 9.62 Å². The van der Waals surface area contributed by atoms with Crippen molar-refractivity contribution in [3.05, 3.63) is 40.9 Å².